The van der Waals surface area contributed by atoms with Gasteiger partial charge in [0.15, 0.2) is 0 Å². The number of aliphatic hydroxyl groups is 1. The van der Waals surface area contributed by atoms with Gasteiger partial charge in [-0.2, -0.15) is 0 Å². The highest BCUT2D eigenvalue weighted by Gasteiger charge is 2.32. The predicted octanol–water partition coefficient (Wildman–Crippen LogP) is 1.53. The number of rotatable bonds is 4. The molecule has 2 rings (SSSR count). The summed E-state index contributed by atoms with van der Waals surface area (Å²) in [5.74, 6) is -0.247. The number of carbonyl (C=O) groups is 2. The molecule has 1 fully saturated rings. The Morgan fingerprint density at radius 3 is 2.82 bits per heavy atom. The van der Waals surface area contributed by atoms with Gasteiger partial charge in [-0.1, -0.05) is 11.6 Å². The number of thiophene rings is 1. The van der Waals surface area contributed by atoms with Crippen LogP contribution in [0.1, 0.15) is 23.8 Å². The fourth-order valence-electron chi connectivity index (χ4n) is 1.62. The van der Waals surface area contributed by atoms with E-state index in [1.807, 2.05) is 0 Å². The van der Waals surface area contributed by atoms with Crippen molar-refractivity contribution in [1.82, 2.24) is 5.32 Å². The molecule has 0 bridgehead atoms. The lowest BCUT2D eigenvalue weighted by atomic mass is 9.83. The van der Waals surface area contributed by atoms with Gasteiger partial charge < -0.3 is 10.4 Å². The van der Waals surface area contributed by atoms with Crippen LogP contribution in [0.15, 0.2) is 12.1 Å². The van der Waals surface area contributed by atoms with Gasteiger partial charge in [0.05, 0.1) is 10.3 Å². The van der Waals surface area contributed by atoms with Crippen molar-refractivity contribution in [3.63, 3.8) is 0 Å². The molecule has 4 nitrogen and oxygen atoms in total. The zero-order valence-electron chi connectivity index (χ0n) is 8.98. The smallest absolute Gasteiger partial charge is 0.224 e. The van der Waals surface area contributed by atoms with E-state index in [1.165, 1.54) is 11.3 Å². The molecule has 6 heteroatoms. The van der Waals surface area contributed by atoms with E-state index in [9.17, 15) is 14.7 Å². The van der Waals surface area contributed by atoms with Crippen LogP contribution in [0.25, 0.3) is 0 Å². The Balaban J connectivity index is 1.78. The molecule has 1 saturated carbocycles. The van der Waals surface area contributed by atoms with Crippen LogP contribution in [-0.4, -0.2) is 23.3 Å². The van der Waals surface area contributed by atoms with Crippen molar-refractivity contribution in [2.75, 3.05) is 6.54 Å². The normalized spacial score (nSPS) is 17.6. The second-order valence-corrected chi connectivity index (χ2v) is 5.79. The van der Waals surface area contributed by atoms with Gasteiger partial charge in [-0.25, -0.2) is 0 Å². The first-order valence-corrected chi connectivity index (χ1v) is 6.48. The lowest BCUT2D eigenvalue weighted by Crippen LogP contribution is -2.40. The van der Waals surface area contributed by atoms with Crippen LogP contribution in [0.4, 0.5) is 0 Å². The third-order valence-electron chi connectivity index (χ3n) is 2.71. The zero-order chi connectivity index (χ0) is 12.4. The number of ketones is 1. The second-order valence-electron chi connectivity index (χ2n) is 4.05. The summed E-state index contributed by atoms with van der Waals surface area (Å²) in [6.45, 7) is 0.153. The summed E-state index contributed by atoms with van der Waals surface area (Å²) in [7, 11) is 0. The lowest BCUT2D eigenvalue weighted by molar-refractivity contribution is -0.138. The Kier molecular flexibility index (Phi) is 3.81. The number of hydrogen-bond donors (Lipinski definition) is 2. The van der Waals surface area contributed by atoms with Gasteiger partial charge in [0.25, 0.3) is 0 Å². The quantitative estimate of drug-likeness (QED) is 0.874. The van der Waals surface area contributed by atoms with Crippen molar-refractivity contribution < 1.29 is 14.7 Å². The van der Waals surface area contributed by atoms with Gasteiger partial charge in [-0.05, 0) is 12.1 Å². The standard InChI is InChI=1S/C11H12ClNO3S/c12-10-2-1-9(17-10)8(15)5-13-11(16)6-3-7(14)4-6/h1-2,6,8,15H,3-5H2,(H,13,16). The molecule has 1 aromatic rings. The molecule has 1 unspecified atom stereocenters. The maximum absolute atomic E-state index is 11.5. The molecule has 1 aromatic heterocycles. The lowest BCUT2D eigenvalue weighted by Gasteiger charge is -2.23. The van der Waals surface area contributed by atoms with Crippen LogP contribution in [-0.2, 0) is 9.59 Å². The van der Waals surface area contributed by atoms with Crippen molar-refractivity contribution in [1.29, 1.82) is 0 Å². The Labute approximate surface area is 108 Å². The maximum atomic E-state index is 11.5. The second kappa shape index (κ2) is 5.16. The van der Waals surface area contributed by atoms with E-state index >= 15 is 0 Å². The Bertz CT molecular complexity index is 438. The molecule has 2 N–H and O–H groups in total. The summed E-state index contributed by atoms with van der Waals surface area (Å²) >= 11 is 7.03. The van der Waals surface area contributed by atoms with E-state index in [1.54, 1.807) is 12.1 Å². The monoisotopic (exact) mass is 273 g/mol. The average molecular weight is 274 g/mol. The summed E-state index contributed by atoms with van der Waals surface area (Å²) in [5, 5.41) is 12.4. The maximum Gasteiger partial charge on any atom is 0.224 e. The summed E-state index contributed by atoms with van der Waals surface area (Å²) in [5.41, 5.74) is 0. The number of halogens is 1. The first-order valence-electron chi connectivity index (χ1n) is 5.29. The van der Waals surface area contributed by atoms with E-state index < -0.39 is 6.10 Å². The van der Waals surface area contributed by atoms with Crippen LogP contribution >= 0.6 is 22.9 Å². The highest BCUT2D eigenvalue weighted by molar-refractivity contribution is 7.16. The molecule has 0 aromatic carbocycles. The molecular formula is C11H12ClNO3S. The Morgan fingerprint density at radius 1 is 1.59 bits per heavy atom. The largest absolute Gasteiger partial charge is 0.386 e. The molecule has 1 aliphatic rings. The third kappa shape index (κ3) is 3.06. The zero-order valence-corrected chi connectivity index (χ0v) is 10.6. The summed E-state index contributed by atoms with van der Waals surface area (Å²) in [6, 6.07) is 3.44. The minimum Gasteiger partial charge on any atom is -0.386 e. The van der Waals surface area contributed by atoms with E-state index in [-0.39, 0.29) is 24.2 Å². The minimum absolute atomic E-state index is 0.121. The number of Topliss-reactive ketones (excluding diaryl/α,β-unsaturated/α-hetero) is 1. The van der Waals surface area contributed by atoms with Crippen LogP contribution in [0, 0.1) is 5.92 Å². The first-order chi connectivity index (χ1) is 8.06. The van der Waals surface area contributed by atoms with Crippen LogP contribution in [0.2, 0.25) is 4.34 Å². The van der Waals surface area contributed by atoms with Crippen molar-refractivity contribution in [3.05, 3.63) is 21.3 Å². The van der Waals surface area contributed by atoms with Gasteiger partial charge in [0.2, 0.25) is 5.91 Å². The van der Waals surface area contributed by atoms with Gasteiger partial charge in [0.1, 0.15) is 11.9 Å². The van der Waals surface area contributed by atoms with Crippen LogP contribution < -0.4 is 5.32 Å². The fraction of sp³-hybridized carbons (Fsp3) is 0.455. The molecule has 0 spiro atoms. The molecule has 92 valence electrons. The number of hydrogen-bond acceptors (Lipinski definition) is 4. The Hall–Kier alpha value is -0.910. The molecule has 1 atom stereocenters. The summed E-state index contributed by atoms with van der Waals surface area (Å²) < 4.78 is 0.606. The number of aliphatic hydroxyl groups excluding tert-OH is 1. The number of amides is 1. The first kappa shape index (κ1) is 12.5. The van der Waals surface area contributed by atoms with E-state index in [0.29, 0.717) is 17.2 Å². The molecule has 1 amide bonds. The average Bonchev–Trinajstić information content (AvgIpc) is 2.68. The van der Waals surface area contributed by atoms with Crippen LogP contribution in [0.3, 0.4) is 0 Å². The molecule has 0 aliphatic heterocycles. The van der Waals surface area contributed by atoms with E-state index in [4.69, 9.17) is 11.6 Å². The molecule has 1 heterocycles. The fourth-order valence-corrected chi connectivity index (χ4v) is 2.67. The van der Waals surface area contributed by atoms with Gasteiger partial charge in [0, 0.05) is 24.3 Å². The van der Waals surface area contributed by atoms with Crippen molar-refractivity contribution in [2.24, 2.45) is 5.92 Å². The predicted molar refractivity (Wildman–Crippen MR) is 65.0 cm³/mol. The number of carbonyl (C=O) groups excluding carboxylic acids is 2. The highest BCUT2D eigenvalue weighted by atomic mass is 35.5. The summed E-state index contributed by atoms with van der Waals surface area (Å²) in [6.07, 6.45) is -0.0910. The third-order valence-corrected chi connectivity index (χ3v) is 4.04. The van der Waals surface area contributed by atoms with Crippen molar-refractivity contribution >= 4 is 34.6 Å². The van der Waals surface area contributed by atoms with Gasteiger partial charge in [-0.15, -0.1) is 11.3 Å². The molecule has 0 saturated heterocycles. The molecule has 17 heavy (non-hydrogen) atoms. The minimum atomic E-state index is -0.743. The highest BCUT2D eigenvalue weighted by Crippen LogP contribution is 2.27. The number of nitrogens with one attached hydrogen (secondary N) is 1. The molecular weight excluding hydrogens is 262 g/mol. The topological polar surface area (TPSA) is 66.4 Å². The SMILES string of the molecule is O=C1CC(C(=O)NCC(O)c2ccc(Cl)s2)C1. The van der Waals surface area contributed by atoms with Crippen LogP contribution in [0.5, 0.6) is 0 Å². The van der Waals surface area contributed by atoms with E-state index in [2.05, 4.69) is 5.32 Å². The van der Waals surface area contributed by atoms with Gasteiger partial charge in [-0.3, -0.25) is 9.59 Å². The Morgan fingerprint density at radius 2 is 2.29 bits per heavy atom. The molecule has 0 radical (unpaired) electrons. The molecule has 1 aliphatic carbocycles. The van der Waals surface area contributed by atoms with Crippen molar-refractivity contribution in [3.8, 4) is 0 Å². The van der Waals surface area contributed by atoms with Gasteiger partial charge >= 0.3 is 0 Å². The van der Waals surface area contributed by atoms with E-state index in [0.717, 1.165) is 4.88 Å². The van der Waals surface area contributed by atoms with Crippen molar-refractivity contribution in [2.45, 2.75) is 18.9 Å². The summed E-state index contributed by atoms with van der Waals surface area (Å²) in [4.78, 5) is 23.0.